The molecule has 3 rings (SSSR count). The molecule has 2 heterocycles. The molecular formula is C16H14FN3. The molecule has 3 aromatic rings. The van der Waals surface area contributed by atoms with E-state index in [9.17, 15) is 4.39 Å². The molecule has 20 heavy (non-hydrogen) atoms. The van der Waals surface area contributed by atoms with Crippen LogP contribution in [0.2, 0.25) is 0 Å². The molecule has 0 fully saturated rings. The average Bonchev–Trinajstić information content (AvgIpc) is 2.41. The highest BCUT2D eigenvalue weighted by atomic mass is 19.1. The van der Waals surface area contributed by atoms with Gasteiger partial charge in [-0.05, 0) is 41.8 Å². The van der Waals surface area contributed by atoms with E-state index in [2.05, 4.69) is 9.97 Å². The van der Waals surface area contributed by atoms with Crippen molar-refractivity contribution in [2.45, 2.75) is 13.3 Å². The Hall–Kier alpha value is -2.49. The van der Waals surface area contributed by atoms with Crippen LogP contribution in [0.25, 0.3) is 11.0 Å². The Kier molecular flexibility index (Phi) is 3.06. The largest absolute Gasteiger partial charge is 0.384 e. The van der Waals surface area contributed by atoms with Gasteiger partial charge in [0.2, 0.25) is 0 Å². The van der Waals surface area contributed by atoms with Crippen LogP contribution in [0.4, 0.5) is 10.2 Å². The topological polar surface area (TPSA) is 51.8 Å². The third-order valence-electron chi connectivity index (χ3n) is 3.26. The van der Waals surface area contributed by atoms with Gasteiger partial charge in [0.1, 0.15) is 11.6 Å². The van der Waals surface area contributed by atoms with Crippen molar-refractivity contribution in [3.63, 3.8) is 0 Å². The molecular weight excluding hydrogens is 253 g/mol. The molecule has 0 aliphatic heterocycles. The molecule has 100 valence electrons. The lowest BCUT2D eigenvalue weighted by molar-refractivity contribution is 0.614. The number of aryl methyl sites for hydroxylation is 1. The van der Waals surface area contributed by atoms with E-state index in [-0.39, 0.29) is 5.82 Å². The maximum absolute atomic E-state index is 13.7. The number of hydrogen-bond donors (Lipinski definition) is 1. The molecule has 0 atom stereocenters. The Balaban J connectivity index is 2.03. The van der Waals surface area contributed by atoms with Gasteiger partial charge in [-0.1, -0.05) is 18.2 Å². The fourth-order valence-corrected chi connectivity index (χ4v) is 2.30. The first kappa shape index (κ1) is 12.5. The molecule has 2 aromatic heterocycles. The molecule has 0 bridgehead atoms. The van der Waals surface area contributed by atoms with Crippen LogP contribution < -0.4 is 5.73 Å². The van der Waals surface area contributed by atoms with Gasteiger partial charge >= 0.3 is 0 Å². The summed E-state index contributed by atoms with van der Waals surface area (Å²) in [6, 6.07) is 10.5. The smallest absolute Gasteiger partial charge is 0.126 e. The Morgan fingerprint density at radius 2 is 2.00 bits per heavy atom. The number of hydrogen-bond acceptors (Lipinski definition) is 3. The highest BCUT2D eigenvalue weighted by molar-refractivity contribution is 5.79. The summed E-state index contributed by atoms with van der Waals surface area (Å²) in [7, 11) is 0. The fourth-order valence-electron chi connectivity index (χ4n) is 2.30. The molecule has 0 saturated carbocycles. The first-order valence-corrected chi connectivity index (χ1v) is 6.38. The summed E-state index contributed by atoms with van der Waals surface area (Å²) in [4.78, 5) is 8.69. The first-order chi connectivity index (χ1) is 9.63. The molecule has 0 aliphatic rings. The first-order valence-electron chi connectivity index (χ1n) is 6.38. The molecule has 3 nitrogen and oxygen atoms in total. The molecule has 0 spiro atoms. The molecule has 1 aromatic carbocycles. The van der Waals surface area contributed by atoms with E-state index in [1.807, 2.05) is 19.1 Å². The van der Waals surface area contributed by atoms with E-state index in [4.69, 9.17) is 5.73 Å². The lowest BCUT2D eigenvalue weighted by Gasteiger charge is -2.06. The summed E-state index contributed by atoms with van der Waals surface area (Å²) >= 11 is 0. The van der Waals surface area contributed by atoms with Crippen LogP contribution in [0.3, 0.4) is 0 Å². The SMILES string of the molecule is Cc1cc(N)nc2cc(Cc3ccccc3F)cnc12. The lowest BCUT2D eigenvalue weighted by atomic mass is 10.1. The van der Waals surface area contributed by atoms with Crippen molar-refractivity contribution in [3.8, 4) is 0 Å². The zero-order valence-electron chi connectivity index (χ0n) is 11.1. The van der Waals surface area contributed by atoms with E-state index in [0.717, 1.165) is 22.2 Å². The minimum Gasteiger partial charge on any atom is -0.384 e. The minimum atomic E-state index is -0.204. The number of nitrogens with zero attached hydrogens (tertiary/aromatic N) is 2. The van der Waals surface area contributed by atoms with Crippen molar-refractivity contribution >= 4 is 16.9 Å². The molecule has 0 saturated heterocycles. The monoisotopic (exact) mass is 267 g/mol. The standard InChI is InChI=1S/C16H14FN3/c1-10-6-15(18)20-14-8-11(9-19-16(10)14)7-12-4-2-3-5-13(12)17/h2-6,8-9H,7H2,1H3,(H2,18,20). The molecule has 4 heteroatoms. The summed E-state index contributed by atoms with van der Waals surface area (Å²) in [5.74, 6) is 0.268. The second-order valence-electron chi connectivity index (χ2n) is 4.84. The zero-order valence-corrected chi connectivity index (χ0v) is 11.1. The van der Waals surface area contributed by atoms with Gasteiger partial charge in [0.15, 0.2) is 0 Å². The number of halogens is 1. The Bertz CT molecular complexity index is 784. The number of pyridine rings is 2. The Morgan fingerprint density at radius 3 is 2.80 bits per heavy atom. The van der Waals surface area contributed by atoms with Crippen molar-refractivity contribution in [2.75, 3.05) is 5.73 Å². The minimum absolute atomic E-state index is 0.204. The summed E-state index contributed by atoms with van der Waals surface area (Å²) in [5, 5.41) is 0. The zero-order chi connectivity index (χ0) is 14.1. The van der Waals surface area contributed by atoms with Gasteiger partial charge in [-0.2, -0.15) is 0 Å². The third-order valence-corrected chi connectivity index (χ3v) is 3.26. The van der Waals surface area contributed by atoms with Gasteiger partial charge in [0.25, 0.3) is 0 Å². The van der Waals surface area contributed by atoms with Gasteiger partial charge in [0.05, 0.1) is 11.0 Å². The number of rotatable bonds is 2. The predicted octanol–water partition coefficient (Wildman–Crippen LogP) is 3.25. The van der Waals surface area contributed by atoms with Gasteiger partial charge in [-0.15, -0.1) is 0 Å². The molecule has 0 radical (unpaired) electrons. The number of aromatic nitrogens is 2. The van der Waals surface area contributed by atoms with E-state index in [1.165, 1.54) is 6.07 Å². The lowest BCUT2D eigenvalue weighted by Crippen LogP contribution is -1.97. The van der Waals surface area contributed by atoms with Crippen LogP contribution in [-0.4, -0.2) is 9.97 Å². The number of nitrogens with two attached hydrogens (primary N) is 1. The normalized spacial score (nSPS) is 10.9. The second kappa shape index (κ2) is 4.89. The Morgan fingerprint density at radius 1 is 1.20 bits per heavy atom. The average molecular weight is 267 g/mol. The van der Waals surface area contributed by atoms with E-state index in [0.29, 0.717) is 17.8 Å². The van der Waals surface area contributed by atoms with E-state index in [1.54, 1.807) is 24.4 Å². The summed E-state index contributed by atoms with van der Waals surface area (Å²) in [6.07, 6.45) is 2.25. The van der Waals surface area contributed by atoms with Crippen LogP contribution in [0, 0.1) is 12.7 Å². The number of fused-ring (bicyclic) bond motifs is 1. The van der Waals surface area contributed by atoms with Gasteiger partial charge in [0, 0.05) is 12.6 Å². The fraction of sp³-hybridized carbons (Fsp3) is 0.125. The van der Waals surface area contributed by atoms with Gasteiger partial charge < -0.3 is 5.73 Å². The van der Waals surface area contributed by atoms with Crippen LogP contribution in [0.15, 0.2) is 42.6 Å². The van der Waals surface area contributed by atoms with E-state index >= 15 is 0 Å². The number of benzene rings is 1. The maximum Gasteiger partial charge on any atom is 0.126 e. The van der Waals surface area contributed by atoms with Crippen molar-refractivity contribution in [3.05, 3.63) is 65.1 Å². The highest BCUT2D eigenvalue weighted by Crippen LogP contribution is 2.20. The number of anilines is 1. The van der Waals surface area contributed by atoms with Gasteiger partial charge in [-0.3, -0.25) is 4.98 Å². The number of nitrogen functional groups attached to an aromatic ring is 1. The molecule has 0 unspecified atom stereocenters. The highest BCUT2D eigenvalue weighted by Gasteiger charge is 2.06. The summed E-state index contributed by atoms with van der Waals surface area (Å²) in [6.45, 7) is 1.95. The molecule has 2 N–H and O–H groups in total. The van der Waals surface area contributed by atoms with Crippen molar-refractivity contribution in [2.24, 2.45) is 0 Å². The van der Waals surface area contributed by atoms with Crippen molar-refractivity contribution < 1.29 is 4.39 Å². The molecule has 0 aliphatic carbocycles. The molecule has 0 amide bonds. The van der Waals surface area contributed by atoms with Crippen LogP contribution in [0.5, 0.6) is 0 Å². The Labute approximate surface area is 116 Å². The van der Waals surface area contributed by atoms with Crippen molar-refractivity contribution in [1.82, 2.24) is 9.97 Å². The summed E-state index contributed by atoms with van der Waals surface area (Å²) in [5.41, 5.74) is 9.88. The van der Waals surface area contributed by atoms with Crippen LogP contribution in [-0.2, 0) is 6.42 Å². The van der Waals surface area contributed by atoms with Crippen LogP contribution in [0.1, 0.15) is 16.7 Å². The van der Waals surface area contributed by atoms with E-state index < -0.39 is 0 Å². The third kappa shape index (κ3) is 2.32. The quantitative estimate of drug-likeness (QED) is 0.775. The maximum atomic E-state index is 13.7. The van der Waals surface area contributed by atoms with Gasteiger partial charge in [-0.25, -0.2) is 9.37 Å². The van der Waals surface area contributed by atoms with Crippen LogP contribution >= 0.6 is 0 Å². The summed E-state index contributed by atoms with van der Waals surface area (Å²) < 4.78 is 13.7. The van der Waals surface area contributed by atoms with Crippen molar-refractivity contribution in [1.29, 1.82) is 0 Å². The predicted molar refractivity (Wildman–Crippen MR) is 77.9 cm³/mol. The second-order valence-corrected chi connectivity index (χ2v) is 4.84.